The van der Waals surface area contributed by atoms with Crippen molar-refractivity contribution in [2.24, 2.45) is 11.8 Å². The van der Waals surface area contributed by atoms with Crippen LogP contribution in [0.15, 0.2) is 24.3 Å². The molecular formula is C18H30O5. The Morgan fingerprint density at radius 1 is 1.22 bits per heavy atom. The van der Waals surface area contributed by atoms with Gasteiger partial charge in [-0.15, -0.1) is 0 Å². The Balaban J connectivity index is 2.42. The molecule has 1 aliphatic rings. The lowest BCUT2D eigenvalue weighted by Gasteiger charge is -2.19. The standard InChI is InChI=1S/C18H30O5/c1-2-13(19)10-11-15-14(16(20)12-17(15)21)8-6-4-3-5-7-9-18(22)23/h4,6,10-11,13-17,19-21H,2-3,5,7-9,12H2,1H3,(H,22,23)/b6-4-,11-10+/t13-,14+,15-,16+,17-/m0/s1. The lowest BCUT2D eigenvalue weighted by atomic mass is 9.89. The molecule has 0 aromatic rings. The zero-order valence-corrected chi connectivity index (χ0v) is 13.8. The Labute approximate surface area is 138 Å². The summed E-state index contributed by atoms with van der Waals surface area (Å²) in [6, 6.07) is 0. The van der Waals surface area contributed by atoms with Crippen molar-refractivity contribution in [1.82, 2.24) is 0 Å². The average Bonchev–Trinajstić information content (AvgIpc) is 2.77. The van der Waals surface area contributed by atoms with Crippen LogP contribution in [0.4, 0.5) is 0 Å². The Morgan fingerprint density at radius 3 is 2.61 bits per heavy atom. The number of aliphatic hydroxyl groups excluding tert-OH is 3. The van der Waals surface area contributed by atoms with Crippen LogP contribution < -0.4 is 0 Å². The maximum absolute atomic E-state index is 10.4. The summed E-state index contributed by atoms with van der Waals surface area (Å²) >= 11 is 0. The maximum atomic E-state index is 10.4. The summed E-state index contributed by atoms with van der Waals surface area (Å²) in [7, 11) is 0. The SMILES string of the molecule is CC[C@H](O)/C=C/[C@H]1[C@@H](C/C=C\CCCCC(=O)O)[C@H](O)C[C@@H]1O. The third-order valence-corrected chi connectivity index (χ3v) is 4.48. The molecule has 1 rings (SSSR count). The average molecular weight is 326 g/mol. The summed E-state index contributed by atoms with van der Waals surface area (Å²) in [5.41, 5.74) is 0. The number of carbonyl (C=O) groups is 1. The van der Waals surface area contributed by atoms with E-state index in [1.54, 1.807) is 6.08 Å². The van der Waals surface area contributed by atoms with Crippen molar-refractivity contribution in [3.63, 3.8) is 0 Å². The molecule has 1 aliphatic carbocycles. The molecule has 0 bridgehead atoms. The molecule has 0 spiro atoms. The van der Waals surface area contributed by atoms with Crippen molar-refractivity contribution in [2.45, 2.75) is 70.2 Å². The van der Waals surface area contributed by atoms with Crippen molar-refractivity contribution in [3.8, 4) is 0 Å². The van der Waals surface area contributed by atoms with E-state index in [-0.39, 0.29) is 18.3 Å². The second kappa shape index (κ2) is 10.6. The van der Waals surface area contributed by atoms with Gasteiger partial charge < -0.3 is 20.4 Å². The van der Waals surface area contributed by atoms with Crippen LogP contribution >= 0.6 is 0 Å². The van der Waals surface area contributed by atoms with Gasteiger partial charge in [-0.1, -0.05) is 31.2 Å². The molecule has 0 saturated heterocycles. The van der Waals surface area contributed by atoms with Crippen molar-refractivity contribution >= 4 is 5.97 Å². The fourth-order valence-electron chi connectivity index (χ4n) is 3.01. The number of aliphatic carboxylic acids is 1. The number of carboxylic acids is 1. The minimum absolute atomic E-state index is 0.0411. The van der Waals surface area contributed by atoms with Gasteiger partial charge in [-0.05, 0) is 38.0 Å². The van der Waals surface area contributed by atoms with Gasteiger partial charge in [0.1, 0.15) is 0 Å². The van der Waals surface area contributed by atoms with E-state index in [4.69, 9.17) is 5.11 Å². The molecule has 0 radical (unpaired) electrons. The van der Waals surface area contributed by atoms with Gasteiger partial charge in [0, 0.05) is 18.8 Å². The number of carboxylic acid groups (broad SMARTS) is 1. The lowest BCUT2D eigenvalue weighted by molar-refractivity contribution is -0.137. The minimum Gasteiger partial charge on any atom is -0.481 e. The number of hydrogen-bond acceptors (Lipinski definition) is 4. The Morgan fingerprint density at radius 2 is 1.96 bits per heavy atom. The molecule has 1 saturated carbocycles. The Hall–Kier alpha value is -1.17. The van der Waals surface area contributed by atoms with Crippen molar-refractivity contribution in [3.05, 3.63) is 24.3 Å². The maximum Gasteiger partial charge on any atom is 0.303 e. The van der Waals surface area contributed by atoms with E-state index in [1.807, 2.05) is 25.2 Å². The first-order valence-electron chi connectivity index (χ1n) is 8.55. The van der Waals surface area contributed by atoms with E-state index in [0.717, 1.165) is 12.8 Å². The number of unbranched alkanes of at least 4 members (excludes halogenated alkanes) is 2. The molecule has 0 unspecified atom stereocenters. The van der Waals surface area contributed by atoms with E-state index < -0.39 is 24.3 Å². The number of hydrogen-bond donors (Lipinski definition) is 4. The van der Waals surface area contributed by atoms with Gasteiger partial charge in [-0.25, -0.2) is 0 Å². The molecule has 5 atom stereocenters. The lowest BCUT2D eigenvalue weighted by Crippen LogP contribution is -2.20. The highest BCUT2D eigenvalue weighted by Gasteiger charge is 2.39. The highest BCUT2D eigenvalue weighted by Crippen LogP contribution is 2.36. The largest absolute Gasteiger partial charge is 0.481 e. The van der Waals surface area contributed by atoms with Gasteiger partial charge in [0.2, 0.25) is 0 Å². The molecule has 0 aliphatic heterocycles. The van der Waals surface area contributed by atoms with Gasteiger partial charge in [0.25, 0.3) is 0 Å². The monoisotopic (exact) mass is 326 g/mol. The first kappa shape index (κ1) is 19.9. The Kier molecular flexibility index (Phi) is 9.14. The normalized spacial score (nSPS) is 29.6. The fourth-order valence-corrected chi connectivity index (χ4v) is 3.01. The molecule has 0 heterocycles. The predicted molar refractivity (Wildman–Crippen MR) is 88.9 cm³/mol. The van der Waals surface area contributed by atoms with Gasteiger partial charge >= 0.3 is 5.97 Å². The third kappa shape index (κ3) is 7.29. The van der Waals surface area contributed by atoms with Crippen molar-refractivity contribution < 1.29 is 25.2 Å². The van der Waals surface area contributed by atoms with Gasteiger partial charge in [0.15, 0.2) is 0 Å². The van der Waals surface area contributed by atoms with E-state index in [1.165, 1.54) is 0 Å². The summed E-state index contributed by atoms with van der Waals surface area (Å²) < 4.78 is 0. The van der Waals surface area contributed by atoms with Crippen LogP contribution in [0.2, 0.25) is 0 Å². The molecule has 4 N–H and O–H groups in total. The zero-order chi connectivity index (χ0) is 17.2. The van der Waals surface area contributed by atoms with Crippen molar-refractivity contribution in [1.29, 1.82) is 0 Å². The molecule has 5 nitrogen and oxygen atoms in total. The van der Waals surface area contributed by atoms with Crippen LogP contribution in [0.1, 0.15) is 51.9 Å². The van der Waals surface area contributed by atoms with Crippen LogP contribution in [0.25, 0.3) is 0 Å². The fraction of sp³-hybridized carbons (Fsp3) is 0.722. The van der Waals surface area contributed by atoms with Crippen LogP contribution in [0, 0.1) is 11.8 Å². The molecule has 132 valence electrons. The predicted octanol–water partition coefficient (Wildman–Crippen LogP) is 2.26. The first-order valence-corrected chi connectivity index (χ1v) is 8.55. The number of rotatable bonds is 10. The highest BCUT2D eigenvalue weighted by atomic mass is 16.4. The second-order valence-corrected chi connectivity index (χ2v) is 6.32. The van der Waals surface area contributed by atoms with E-state index in [9.17, 15) is 20.1 Å². The molecule has 5 heteroatoms. The number of aliphatic hydroxyl groups is 3. The highest BCUT2D eigenvalue weighted by molar-refractivity contribution is 5.66. The quantitative estimate of drug-likeness (QED) is 0.365. The van der Waals surface area contributed by atoms with Gasteiger partial charge in [-0.2, -0.15) is 0 Å². The molecular weight excluding hydrogens is 296 g/mol. The smallest absolute Gasteiger partial charge is 0.303 e. The minimum atomic E-state index is -0.763. The summed E-state index contributed by atoms with van der Waals surface area (Å²) in [5, 5.41) is 38.3. The summed E-state index contributed by atoms with van der Waals surface area (Å²) in [6.07, 6.45) is 10.2. The molecule has 0 amide bonds. The van der Waals surface area contributed by atoms with Gasteiger partial charge in [0.05, 0.1) is 18.3 Å². The molecule has 23 heavy (non-hydrogen) atoms. The molecule has 0 aromatic carbocycles. The van der Waals surface area contributed by atoms with Crippen LogP contribution in [-0.4, -0.2) is 44.7 Å². The van der Waals surface area contributed by atoms with Crippen molar-refractivity contribution in [2.75, 3.05) is 0 Å². The van der Waals surface area contributed by atoms with Gasteiger partial charge in [-0.3, -0.25) is 4.79 Å². The van der Waals surface area contributed by atoms with Crippen LogP contribution in [0.5, 0.6) is 0 Å². The summed E-state index contributed by atoms with van der Waals surface area (Å²) in [4.78, 5) is 10.4. The van der Waals surface area contributed by atoms with E-state index in [2.05, 4.69) is 0 Å². The second-order valence-electron chi connectivity index (χ2n) is 6.32. The summed E-state index contributed by atoms with van der Waals surface area (Å²) in [5.74, 6) is -0.940. The molecule has 0 aromatic heterocycles. The zero-order valence-electron chi connectivity index (χ0n) is 13.8. The van der Waals surface area contributed by atoms with E-state index in [0.29, 0.717) is 25.7 Å². The topological polar surface area (TPSA) is 98.0 Å². The van der Waals surface area contributed by atoms with Crippen LogP contribution in [0.3, 0.4) is 0 Å². The number of allylic oxidation sites excluding steroid dienone is 2. The summed E-state index contributed by atoms with van der Waals surface area (Å²) in [6.45, 7) is 1.89. The molecule has 1 fully saturated rings. The third-order valence-electron chi connectivity index (χ3n) is 4.48. The van der Waals surface area contributed by atoms with E-state index >= 15 is 0 Å². The first-order chi connectivity index (χ1) is 11.0. The van der Waals surface area contributed by atoms with Crippen LogP contribution in [-0.2, 0) is 4.79 Å². The Bertz CT molecular complexity index is 404.